The predicted octanol–water partition coefficient (Wildman–Crippen LogP) is 2.96. The van der Waals surface area contributed by atoms with E-state index in [1.165, 1.54) is 6.07 Å². The molecule has 4 heteroatoms. The molecule has 0 fully saturated rings. The van der Waals surface area contributed by atoms with Gasteiger partial charge in [-0.3, -0.25) is 4.79 Å². The van der Waals surface area contributed by atoms with E-state index >= 15 is 0 Å². The molecule has 0 aliphatic carbocycles. The summed E-state index contributed by atoms with van der Waals surface area (Å²) in [6.07, 6.45) is 0. The molecule has 1 aromatic rings. The van der Waals surface area contributed by atoms with Crippen LogP contribution in [0.5, 0.6) is 5.75 Å². The van der Waals surface area contributed by atoms with E-state index in [0.29, 0.717) is 0 Å². The van der Waals surface area contributed by atoms with Crippen molar-refractivity contribution < 1.29 is 18.3 Å². The van der Waals surface area contributed by atoms with Crippen molar-refractivity contribution in [3.63, 3.8) is 0 Å². The average Bonchev–Trinajstić information content (AvgIpc) is 2.14. The Morgan fingerprint density at radius 3 is 2.44 bits per heavy atom. The van der Waals surface area contributed by atoms with Gasteiger partial charge in [0, 0.05) is 11.5 Å². The molecule has 1 rings (SSSR count). The first kappa shape index (κ1) is 12.6. The van der Waals surface area contributed by atoms with Crippen molar-refractivity contribution in [1.29, 1.82) is 0 Å². The molecule has 0 atom stereocenters. The third-order valence-corrected chi connectivity index (χ3v) is 2.09. The molecule has 0 amide bonds. The van der Waals surface area contributed by atoms with Gasteiger partial charge in [0.2, 0.25) is 0 Å². The van der Waals surface area contributed by atoms with E-state index in [9.17, 15) is 13.6 Å². The molecule has 16 heavy (non-hydrogen) atoms. The minimum atomic E-state index is -0.804. The number of benzene rings is 1. The number of ether oxygens (including phenoxy) is 1. The molecular formula is C12H14F2O2. The molecule has 0 aliphatic heterocycles. The lowest BCUT2D eigenvalue weighted by molar-refractivity contribution is -0.128. The summed E-state index contributed by atoms with van der Waals surface area (Å²) in [6.45, 7) is 5.03. The average molecular weight is 228 g/mol. The Kier molecular flexibility index (Phi) is 3.62. The van der Waals surface area contributed by atoms with Crippen LogP contribution in [0.25, 0.3) is 0 Å². The van der Waals surface area contributed by atoms with E-state index in [-0.39, 0.29) is 18.1 Å². The molecule has 0 saturated heterocycles. The Hall–Kier alpha value is -1.45. The number of ketones is 1. The molecule has 0 saturated carbocycles. The zero-order valence-electron chi connectivity index (χ0n) is 9.51. The van der Waals surface area contributed by atoms with Crippen molar-refractivity contribution in [2.75, 3.05) is 6.61 Å². The fourth-order valence-corrected chi connectivity index (χ4v) is 0.952. The van der Waals surface area contributed by atoms with E-state index in [0.717, 1.165) is 12.1 Å². The topological polar surface area (TPSA) is 26.3 Å². The lowest BCUT2D eigenvalue weighted by Gasteiger charge is -2.16. The van der Waals surface area contributed by atoms with Crippen LogP contribution < -0.4 is 4.74 Å². The van der Waals surface area contributed by atoms with Crippen LogP contribution >= 0.6 is 0 Å². The summed E-state index contributed by atoms with van der Waals surface area (Å²) in [5.74, 6) is -1.73. The Balaban J connectivity index is 2.65. The van der Waals surface area contributed by atoms with Crippen molar-refractivity contribution in [3.05, 3.63) is 29.8 Å². The Morgan fingerprint density at radius 1 is 1.31 bits per heavy atom. The summed E-state index contributed by atoms with van der Waals surface area (Å²) >= 11 is 0. The summed E-state index contributed by atoms with van der Waals surface area (Å²) in [5, 5.41) is 0. The SMILES string of the molecule is CC(C)(C)C(=O)COc1ccc(F)cc1F. The van der Waals surface area contributed by atoms with Crippen molar-refractivity contribution in [3.8, 4) is 5.75 Å². The molecule has 0 unspecified atom stereocenters. The highest BCUT2D eigenvalue weighted by molar-refractivity contribution is 5.85. The monoisotopic (exact) mass is 228 g/mol. The molecule has 0 bridgehead atoms. The second-order valence-corrected chi connectivity index (χ2v) is 4.54. The largest absolute Gasteiger partial charge is 0.483 e. The summed E-state index contributed by atoms with van der Waals surface area (Å²) in [6, 6.07) is 2.97. The lowest BCUT2D eigenvalue weighted by atomic mass is 9.91. The molecule has 0 spiro atoms. The Bertz CT molecular complexity index is 394. The van der Waals surface area contributed by atoms with Gasteiger partial charge in [0.15, 0.2) is 17.3 Å². The van der Waals surface area contributed by atoms with Gasteiger partial charge in [0.05, 0.1) is 0 Å². The van der Waals surface area contributed by atoms with Gasteiger partial charge < -0.3 is 4.74 Å². The third-order valence-electron chi connectivity index (χ3n) is 2.09. The zero-order chi connectivity index (χ0) is 12.3. The van der Waals surface area contributed by atoms with Crippen LogP contribution in [-0.4, -0.2) is 12.4 Å². The van der Waals surface area contributed by atoms with Gasteiger partial charge in [-0.15, -0.1) is 0 Å². The van der Waals surface area contributed by atoms with E-state index in [1.54, 1.807) is 20.8 Å². The number of rotatable bonds is 3. The van der Waals surface area contributed by atoms with E-state index in [1.807, 2.05) is 0 Å². The summed E-state index contributed by atoms with van der Waals surface area (Å²) in [7, 11) is 0. The smallest absolute Gasteiger partial charge is 0.175 e. The van der Waals surface area contributed by atoms with Gasteiger partial charge in [-0.2, -0.15) is 0 Å². The first-order chi connectivity index (χ1) is 7.30. The molecule has 0 aliphatic rings. The van der Waals surface area contributed by atoms with Crippen LogP contribution in [0.4, 0.5) is 8.78 Å². The molecular weight excluding hydrogens is 214 g/mol. The zero-order valence-corrected chi connectivity index (χ0v) is 9.51. The van der Waals surface area contributed by atoms with Crippen LogP contribution in [-0.2, 0) is 4.79 Å². The molecule has 2 nitrogen and oxygen atoms in total. The first-order valence-electron chi connectivity index (χ1n) is 4.92. The summed E-state index contributed by atoms with van der Waals surface area (Å²) in [4.78, 5) is 11.5. The lowest BCUT2D eigenvalue weighted by Crippen LogP contribution is -2.26. The number of carbonyl (C=O) groups excluding carboxylic acids is 1. The van der Waals surface area contributed by atoms with Crippen LogP contribution in [0.1, 0.15) is 20.8 Å². The maximum Gasteiger partial charge on any atom is 0.175 e. The quantitative estimate of drug-likeness (QED) is 0.795. The second-order valence-electron chi connectivity index (χ2n) is 4.54. The highest BCUT2D eigenvalue weighted by atomic mass is 19.1. The van der Waals surface area contributed by atoms with Gasteiger partial charge in [0.25, 0.3) is 0 Å². The van der Waals surface area contributed by atoms with Crippen LogP contribution in [0.15, 0.2) is 18.2 Å². The van der Waals surface area contributed by atoms with Crippen LogP contribution in [0.2, 0.25) is 0 Å². The highest BCUT2D eigenvalue weighted by Crippen LogP contribution is 2.19. The van der Waals surface area contributed by atoms with Crippen molar-refractivity contribution >= 4 is 5.78 Å². The van der Waals surface area contributed by atoms with Crippen molar-refractivity contribution in [2.45, 2.75) is 20.8 Å². The number of Topliss-reactive ketones (excluding diaryl/α,β-unsaturated/α-hetero) is 1. The highest BCUT2D eigenvalue weighted by Gasteiger charge is 2.21. The van der Waals surface area contributed by atoms with Crippen LogP contribution in [0.3, 0.4) is 0 Å². The van der Waals surface area contributed by atoms with Crippen molar-refractivity contribution in [1.82, 2.24) is 0 Å². The minimum absolute atomic E-state index is 0.112. The molecule has 0 radical (unpaired) electrons. The van der Waals surface area contributed by atoms with E-state index in [4.69, 9.17) is 4.74 Å². The number of halogens is 2. The van der Waals surface area contributed by atoms with E-state index in [2.05, 4.69) is 0 Å². The third kappa shape index (κ3) is 3.29. The van der Waals surface area contributed by atoms with Gasteiger partial charge in [-0.1, -0.05) is 20.8 Å². The normalized spacial score (nSPS) is 11.3. The first-order valence-corrected chi connectivity index (χ1v) is 4.92. The predicted molar refractivity (Wildman–Crippen MR) is 56.3 cm³/mol. The van der Waals surface area contributed by atoms with Gasteiger partial charge in [-0.05, 0) is 12.1 Å². The number of hydrogen-bond donors (Lipinski definition) is 0. The molecule has 0 aromatic heterocycles. The maximum absolute atomic E-state index is 13.1. The summed E-state index contributed by atoms with van der Waals surface area (Å²) < 4.78 is 30.7. The van der Waals surface area contributed by atoms with Crippen molar-refractivity contribution in [2.24, 2.45) is 5.41 Å². The standard InChI is InChI=1S/C12H14F2O2/c1-12(2,3)11(15)7-16-10-5-4-8(13)6-9(10)14/h4-6H,7H2,1-3H3. The Morgan fingerprint density at radius 2 is 1.94 bits per heavy atom. The summed E-state index contributed by atoms with van der Waals surface area (Å²) in [5.41, 5.74) is -0.531. The fraction of sp³-hybridized carbons (Fsp3) is 0.417. The second kappa shape index (κ2) is 4.60. The van der Waals surface area contributed by atoms with E-state index < -0.39 is 17.0 Å². The van der Waals surface area contributed by atoms with Gasteiger partial charge >= 0.3 is 0 Å². The molecule has 1 aromatic carbocycles. The molecule has 0 heterocycles. The fourth-order valence-electron chi connectivity index (χ4n) is 0.952. The maximum atomic E-state index is 13.1. The number of hydrogen-bond acceptors (Lipinski definition) is 2. The van der Waals surface area contributed by atoms with Gasteiger partial charge in [0.1, 0.15) is 12.4 Å². The Labute approximate surface area is 93.2 Å². The van der Waals surface area contributed by atoms with Gasteiger partial charge in [-0.25, -0.2) is 8.78 Å². The number of carbonyl (C=O) groups is 1. The van der Waals surface area contributed by atoms with Crippen LogP contribution in [0, 0.1) is 17.0 Å². The minimum Gasteiger partial charge on any atom is -0.483 e. The molecule has 0 N–H and O–H groups in total. The molecule has 88 valence electrons.